The summed E-state index contributed by atoms with van der Waals surface area (Å²) in [6.45, 7) is 1.74. The van der Waals surface area contributed by atoms with Gasteiger partial charge < -0.3 is 10.5 Å². The maximum Gasteiger partial charge on any atom is 0.0509 e. The molecule has 1 aromatic carbocycles. The number of halogens is 1. The van der Waals surface area contributed by atoms with E-state index in [2.05, 4.69) is 34.1 Å². The van der Waals surface area contributed by atoms with Crippen molar-refractivity contribution >= 4 is 27.7 Å². The highest BCUT2D eigenvalue weighted by molar-refractivity contribution is 9.10. The lowest BCUT2D eigenvalue weighted by molar-refractivity contribution is 0.0478. The lowest BCUT2D eigenvalue weighted by Crippen LogP contribution is -2.37. The Morgan fingerprint density at radius 2 is 2.41 bits per heavy atom. The Labute approximate surface area is 115 Å². The Balaban J connectivity index is 1.80. The Bertz CT molecular complexity index is 355. The van der Waals surface area contributed by atoms with Gasteiger partial charge in [0, 0.05) is 27.8 Å². The van der Waals surface area contributed by atoms with Crippen molar-refractivity contribution in [2.75, 3.05) is 19.0 Å². The molecule has 0 spiro atoms. The second kappa shape index (κ2) is 6.78. The molecule has 0 aliphatic carbocycles. The zero-order valence-corrected chi connectivity index (χ0v) is 12.2. The van der Waals surface area contributed by atoms with Crippen LogP contribution in [0.15, 0.2) is 33.6 Å². The van der Waals surface area contributed by atoms with Crippen LogP contribution in [-0.2, 0) is 4.74 Å². The van der Waals surface area contributed by atoms with E-state index in [9.17, 15) is 0 Å². The number of benzene rings is 1. The molecule has 2 atom stereocenters. The first kappa shape index (κ1) is 13.4. The van der Waals surface area contributed by atoms with Crippen molar-refractivity contribution in [3.8, 4) is 0 Å². The largest absolute Gasteiger partial charge is 0.381 e. The summed E-state index contributed by atoms with van der Waals surface area (Å²) in [7, 11) is 0. The first-order valence-electron chi connectivity index (χ1n) is 5.97. The average molecular weight is 316 g/mol. The Morgan fingerprint density at radius 3 is 3.12 bits per heavy atom. The standard InChI is InChI=1S/C13H18BrNOS/c14-11-4-1-5-12(7-11)17-9-13(15)10-3-2-6-16-8-10/h1,4-5,7,10,13H,2-3,6,8-9,15H2. The monoisotopic (exact) mass is 315 g/mol. The summed E-state index contributed by atoms with van der Waals surface area (Å²) in [6.07, 6.45) is 2.36. The number of hydrogen-bond donors (Lipinski definition) is 1. The summed E-state index contributed by atoms with van der Waals surface area (Å²) in [5, 5.41) is 0. The molecule has 17 heavy (non-hydrogen) atoms. The maximum atomic E-state index is 6.22. The van der Waals surface area contributed by atoms with Crippen LogP contribution in [-0.4, -0.2) is 25.0 Å². The SMILES string of the molecule is NC(CSc1cccc(Br)c1)C1CCCOC1. The average Bonchev–Trinajstić information content (AvgIpc) is 2.37. The first-order valence-corrected chi connectivity index (χ1v) is 7.75. The molecule has 0 radical (unpaired) electrons. The summed E-state index contributed by atoms with van der Waals surface area (Å²) in [5.74, 6) is 1.49. The third-order valence-electron chi connectivity index (χ3n) is 3.04. The van der Waals surface area contributed by atoms with E-state index in [0.29, 0.717) is 5.92 Å². The van der Waals surface area contributed by atoms with Crippen molar-refractivity contribution in [2.24, 2.45) is 11.7 Å². The minimum Gasteiger partial charge on any atom is -0.381 e. The number of thioether (sulfide) groups is 1. The predicted molar refractivity (Wildman–Crippen MR) is 76.4 cm³/mol. The molecule has 1 aromatic rings. The van der Waals surface area contributed by atoms with Gasteiger partial charge >= 0.3 is 0 Å². The lowest BCUT2D eigenvalue weighted by atomic mass is 9.96. The zero-order chi connectivity index (χ0) is 12.1. The second-order valence-electron chi connectivity index (χ2n) is 4.41. The van der Waals surface area contributed by atoms with Crippen LogP contribution >= 0.6 is 27.7 Å². The van der Waals surface area contributed by atoms with E-state index in [4.69, 9.17) is 10.5 Å². The molecular weight excluding hydrogens is 298 g/mol. The van der Waals surface area contributed by atoms with E-state index >= 15 is 0 Å². The van der Waals surface area contributed by atoms with E-state index in [1.165, 1.54) is 11.3 Å². The molecule has 0 bridgehead atoms. The van der Waals surface area contributed by atoms with Gasteiger partial charge in [-0.1, -0.05) is 22.0 Å². The van der Waals surface area contributed by atoms with Crippen molar-refractivity contribution in [1.82, 2.24) is 0 Å². The van der Waals surface area contributed by atoms with Gasteiger partial charge in [0.15, 0.2) is 0 Å². The van der Waals surface area contributed by atoms with Crippen LogP contribution in [0.3, 0.4) is 0 Å². The molecule has 94 valence electrons. The van der Waals surface area contributed by atoms with Crippen LogP contribution in [0.25, 0.3) is 0 Å². The smallest absolute Gasteiger partial charge is 0.0509 e. The minimum atomic E-state index is 0.235. The van der Waals surface area contributed by atoms with Gasteiger partial charge in [0.25, 0.3) is 0 Å². The molecule has 0 amide bonds. The summed E-state index contributed by atoms with van der Waals surface area (Å²) >= 11 is 5.31. The molecule has 2 nitrogen and oxygen atoms in total. The van der Waals surface area contributed by atoms with Crippen LogP contribution in [0.5, 0.6) is 0 Å². The minimum absolute atomic E-state index is 0.235. The molecule has 2 N–H and O–H groups in total. The third-order valence-corrected chi connectivity index (χ3v) is 4.67. The van der Waals surface area contributed by atoms with Gasteiger partial charge in [-0.2, -0.15) is 0 Å². The molecule has 2 unspecified atom stereocenters. The molecule has 1 heterocycles. The van der Waals surface area contributed by atoms with Crippen molar-refractivity contribution in [3.63, 3.8) is 0 Å². The molecule has 1 aliphatic heterocycles. The molecule has 1 fully saturated rings. The first-order chi connectivity index (χ1) is 8.25. The molecule has 0 aromatic heterocycles. The van der Waals surface area contributed by atoms with Crippen molar-refractivity contribution in [1.29, 1.82) is 0 Å². The highest BCUT2D eigenvalue weighted by Gasteiger charge is 2.21. The van der Waals surface area contributed by atoms with Gasteiger partial charge in [-0.05, 0) is 37.0 Å². The summed E-state index contributed by atoms with van der Waals surface area (Å²) in [5.41, 5.74) is 6.22. The molecule has 1 saturated heterocycles. The van der Waals surface area contributed by atoms with Crippen LogP contribution in [0.4, 0.5) is 0 Å². The number of rotatable bonds is 4. The Kier molecular flexibility index (Phi) is 5.35. The van der Waals surface area contributed by atoms with E-state index in [1.807, 2.05) is 17.8 Å². The summed E-state index contributed by atoms with van der Waals surface area (Å²) < 4.78 is 6.60. The second-order valence-corrected chi connectivity index (χ2v) is 6.42. The van der Waals surface area contributed by atoms with E-state index < -0.39 is 0 Å². The van der Waals surface area contributed by atoms with Gasteiger partial charge in [-0.3, -0.25) is 0 Å². The molecule has 4 heteroatoms. The fraction of sp³-hybridized carbons (Fsp3) is 0.538. The normalized spacial score (nSPS) is 22.4. The van der Waals surface area contributed by atoms with Crippen molar-refractivity contribution < 1.29 is 4.74 Å². The molecule has 1 aliphatic rings. The van der Waals surface area contributed by atoms with Crippen LogP contribution in [0.2, 0.25) is 0 Å². The van der Waals surface area contributed by atoms with Crippen LogP contribution in [0, 0.1) is 5.92 Å². The van der Waals surface area contributed by atoms with Gasteiger partial charge in [0.2, 0.25) is 0 Å². The van der Waals surface area contributed by atoms with Crippen LogP contribution in [0.1, 0.15) is 12.8 Å². The fourth-order valence-corrected chi connectivity index (χ4v) is 3.58. The highest BCUT2D eigenvalue weighted by Crippen LogP contribution is 2.25. The highest BCUT2D eigenvalue weighted by atomic mass is 79.9. The van der Waals surface area contributed by atoms with E-state index in [0.717, 1.165) is 29.9 Å². The fourth-order valence-electron chi connectivity index (χ4n) is 1.99. The molecular formula is C13H18BrNOS. The van der Waals surface area contributed by atoms with Gasteiger partial charge in [0.1, 0.15) is 0 Å². The maximum absolute atomic E-state index is 6.22. The van der Waals surface area contributed by atoms with E-state index in [-0.39, 0.29) is 6.04 Å². The van der Waals surface area contributed by atoms with E-state index in [1.54, 1.807) is 0 Å². The third kappa shape index (κ3) is 4.28. The topological polar surface area (TPSA) is 35.2 Å². The summed E-state index contributed by atoms with van der Waals surface area (Å²) in [6, 6.07) is 8.59. The number of nitrogens with two attached hydrogens (primary N) is 1. The van der Waals surface area contributed by atoms with Gasteiger partial charge in [-0.25, -0.2) is 0 Å². The van der Waals surface area contributed by atoms with Crippen molar-refractivity contribution in [2.45, 2.75) is 23.8 Å². The quantitative estimate of drug-likeness (QED) is 0.866. The molecule has 2 rings (SSSR count). The summed E-state index contributed by atoms with van der Waals surface area (Å²) in [4.78, 5) is 1.27. The Hall–Kier alpha value is -0.0300. The zero-order valence-electron chi connectivity index (χ0n) is 9.77. The number of hydrogen-bond acceptors (Lipinski definition) is 3. The molecule has 0 saturated carbocycles. The van der Waals surface area contributed by atoms with Crippen molar-refractivity contribution in [3.05, 3.63) is 28.7 Å². The van der Waals surface area contributed by atoms with Gasteiger partial charge in [0.05, 0.1) is 6.61 Å². The van der Waals surface area contributed by atoms with Gasteiger partial charge in [-0.15, -0.1) is 11.8 Å². The lowest BCUT2D eigenvalue weighted by Gasteiger charge is -2.27. The Morgan fingerprint density at radius 1 is 1.53 bits per heavy atom. The van der Waals surface area contributed by atoms with Crippen LogP contribution < -0.4 is 5.73 Å². The number of ether oxygens (including phenoxy) is 1. The predicted octanol–water partition coefficient (Wildman–Crippen LogP) is 3.30.